The van der Waals surface area contributed by atoms with Crippen LogP contribution in [0.5, 0.6) is 0 Å². The van der Waals surface area contributed by atoms with Crippen molar-refractivity contribution in [3.8, 4) is 0 Å². The van der Waals surface area contributed by atoms with E-state index in [1.165, 1.54) is 19.3 Å². The Balaban J connectivity index is 1.57. The minimum absolute atomic E-state index is 0.110. The maximum atomic E-state index is 11.6. The van der Waals surface area contributed by atoms with Crippen LogP contribution in [0.3, 0.4) is 0 Å². The largest absolute Gasteiger partial charge is 0.375 e. The SMILES string of the molecule is CC(C)NC(=NCC1CCS(=O)(=O)C1)NC1CCOC2(CCC2)C1. The highest BCUT2D eigenvalue weighted by molar-refractivity contribution is 7.91. The highest BCUT2D eigenvalue weighted by atomic mass is 32.2. The lowest BCUT2D eigenvalue weighted by atomic mass is 9.74. The van der Waals surface area contributed by atoms with Crippen molar-refractivity contribution >= 4 is 15.8 Å². The number of hydrogen-bond acceptors (Lipinski definition) is 4. The number of rotatable bonds is 4. The fraction of sp³-hybridized carbons (Fsp3) is 0.941. The molecule has 0 bridgehead atoms. The standard InChI is InChI=1S/C17H31N3O3S/c1-13(2)19-16(18-11-14-5-9-24(21,22)12-14)20-15-4-8-23-17(10-15)6-3-7-17/h13-15H,3-12H2,1-2H3,(H2,18,19,20). The zero-order chi connectivity index (χ0) is 17.2. The van der Waals surface area contributed by atoms with Crippen LogP contribution < -0.4 is 10.6 Å². The van der Waals surface area contributed by atoms with E-state index in [0.29, 0.717) is 24.4 Å². The normalized spacial score (nSPS) is 31.9. The van der Waals surface area contributed by atoms with Gasteiger partial charge in [-0.1, -0.05) is 0 Å². The Labute approximate surface area is 145 Å². The molecule has 2 heterocycles. The lowest BCUT2D eigenvalue weighted by molar-refractivity contribution is -0.134. The predicted octanol–water partition coefficient (Wildman–Crippen LogP) is 1.47. The molecule has 0 amide bonds. The van der Waals surface area contributed by atoms with E-state index < -0.39 is 9.84 Å². The van der Waals surface area contributed by atoms with E-state index >= 15 is 0 Å². The third-order valence-corrected chi connectivity index (χ3v) is 7.20. The van der Waals surface area contributed by atoms with E-state index in [-0.39, 0.29) is 17.3 Å². The van der Waals surface area contributed by atoms with Gasteiger partial charge in [0.05, 0.1) is 17.1 Å². The van der Waals surface area contributed by atoms with Crippen molar-refractivity contribution in [1.29, 1.82) is 0 Å². The first-order valence-electron chi connectivity index (χ1n) is 9.28. The summed E-state index contributed by atoms with van der Waals surface area (Å²) in [6.45, 7) is 5.58. The Morgan fingerprint density at radius 2 is 2.12 bits per heavy atom. The van der Waals surface area contributed by atoms with Gasteiger partial charge in [0.2, 0.25) is 0 Å². The molecule has 2 atom stereocenters. The molecule has 6 nitrogen and oxygen atoms in total. The van der Waals surface area contributed by atoms with Gasteiger partial charge in [-0.2, -0.15) is 0 Å². The van der Waals surface area contributed by atoms with Gasteiger partial charge in [-0.15, -0.1) is 0 Å². The fourth-order valence-electron chi connectivity index (χ4n) is 3.91. The molecule has 24 heavy (non-hydrogen) atoms. The smallest absolute Gasteiger partial charge is 0.191 e. The summed E-state index contributed by atoms with van der Waals surface area (Å²) in [6.07, 6.45) is 6.40. The topological polar surface area (TPSA) is 79.8 Å². The first-order chi connectivity index (χ1) is 11.4. The second kappa shape index (κ2) is 7.20. The molecular weight excluding hydrogens is 326 g/mol. The van der Waals surface area contributed by atoms with Crippen molar-refractivity contribution in [2.24, 2.45) is 10.9 Å². The molecular formula is C17H31N3O3S. The summed E-state index contributed by atoms with van der Waals surface area (Å²) in [5, 5.41) is 6.95. The quantitative estimate of drug-likeness (QED) is 0.588. The highest BCUT2D eigenvalue weighted by Crippen LogP contribution is 2.42. The average molecular weight is 358 g/mol. The maximum absolute atomic E-state index is 11.6. The molecule has 3 rings (SSSR count). The Kier molecular flexibility index (Phi) is 5.39. The van der Waals surface area contributed by atoms with E-state index in [1.807, 2.05) is 0 Å². The first kappa shape index (κ1) is 18.0. The molecule has 0 radical (unpaired) electrons. The van der Waals surface area contributed by atoms with E-state index in [0.717, 1.165) is 31.8 Å². The number of hydrogen-bond donors (Lipinski definition) is 2. The number of aliphatic imine (C=N–C) groups is 1. The summed E-state index contributed by atoms with van der Waals surface area (Å²) >= 11 is 0. The minimum Gasteiger partial charge on any atom is -0.375 e. The van der Waals surface area contributed by atoms with Crippen LogP contribution in [-0.2, 0) is 14.6 Å². The van der Waals surface area contributed by atoms with Crippen molar-refractivity contribution in [3.63, 3.8) is 0 Å². The number of guanidine groups is 1. The molecule has 2 aliphatic heterocycles. The van der Waals surface area contributed by atoms with E-state index in [2.05, 4.69) is 29.5 Å². The van der Waals surface area contributed by atoms with E-state index in [4.69, 9.17) is 4.74 Å². The van der Waals surface area contributed by atoms with Crippen LogP contribution in [0, 0.1) is 5.92 Å². The van der Waals surface area contributed by atoms with Gasteiger partial charge in [0, 0.05) is 25.2 Å². The van der Waals surface area contributed by atoms with Crippen LogP contribution in [0.25, 0.3) is 0 Å². The van der Waals surface area contributed by atoms with Crippen LogP contribution in [0.15, 0.2) is 4.99 Å². The molecule has 0 aromatic rings. The van der Waals surface area contributed by atoms with Crippen LogP contribution in [0.2, 0.25) is 0 Å². The molecule has 1 spiro atoms. The van der Waals surface area contributed by atoms with Crippen molar-refractivity contribution < 1.29 is 13.2 Å². The monoisotopic (exact) mass is 357 g/mol. The molecule has 3 fully saturated rings. The summed E-state index contributed by atoms with van der Waals surface area (Å²) in [4.78, 5) is 4.69. The molecule has 1 saturated carbocycles. The molecule has 0 aromatic heterocycles. The van der Waals surface area contributed by atoms with E-state index in [1.54, 1.807) is 0 Å². The van der Waals surface area contributed by atoms with Crippen molar-refractivity contribution in [3.05, 3.63) is 0 Å². The molecule has 138 valence electrons. The maximum Gasteiger partial charge on any atom is 0.191 e. The summed E-state index contributed by atoms with van der Waals surface area (Å²) < 4.78 is 29.2. The zero-order valence-electron chi connectivity index (χ0n) is 14.9. The van der Waals surface area contributed by atoms with Gasteiger partial charge >= 0.3 is 0 Å². The molecule has 3 aliphatic rings. The zero-order valence-corrected chi connectivity index (χ0v) is 15.7. The van der Waals surface area contributed by atoms with Gasteiger partial charge < -0.3 is 15.4 Å². The van der Waals surface area contributed by atoms with Gasteiger partial charge in [0.15, 0.2) is 15.8 Å². The predicted molar refractivity (Wildman–Crippen MR) is 96.0 cm³/mol. The Bertz CT molecular complexity index is 570. The van der Waals surface area contributed by atoms with Crippen LogP contribution in [0.1, 0.15) is 52.4 Å². The highest BCUT2D eigenvalue weighted by Gasteiger charge is 2.42. The van der Waals surface area contributed by atoms with Crippen LogP contribution >= 0.6 is 0 Å². The lowest BCUT2D eigenvalue weighted by Crippen LogP contribution is -2.54. The second-order valence-electron chi connectivity index (χ2n) is 7.98. The number of nitrogens with one attached hydrogen (secondary N) is 2. The minimum atomic E-state index is -2.83. The molecule has 0 aromatic carbocycles. The lowest BCUT2D eigenvalue weighted by Gasteiger charge is -2.47. The third-order valence-electron chi connectivity index (χ3n) is 5.36. The van der Waals surface area contributed by atoms with Gasteiger partial charge in [-0.25, -0.2) is 8.42 Å². The molecule has 2 unspecified atom stereocenters. The van der Waals surface area contributed by atoms with Gasteiger partial charge in [-0.3, -0.25) is 4.99 Å². The first-order valence-corrected chi connectivity index (χ1v) is 11.1. The molecule has 2 N–H and O–H groups in total. The number of ether oxygens (including phenoxy) is 1. The summed E-state index contributed by atoms with van der Waals surface area (Å²) in [5.41, 5.74) is 0.110. The molecule has 7 heteroatoms. The number of sulfone groups is 1. The van der Waals surface area contributed by atoms with Gasteiger partial charge in [0.25, 0.3) is 0 Å². The summed E-state index contributed by atoms with van der Waals surface area (Å²) in [7, 11) is -2.83. The van der Waals surface area contributed by atoms with Crippen LogP contribution in [-0.4, -0.2) is 56.7 Å². The number of nitrogens with zero attached hydrogens (tertiary/aromatic N) is 1. The van der Waals surface area contributed by atoms with Crippen LogP contribution in [0.4, 0.5) is 0 Å². The molecule has 2 saturated heterocycles. The Morgan fingerprint density at radius 1 is 1.33 bits per heavy atom. The molecule has 1 aliphatic carbocycles. The Hall–Kier alpha value is -0.820. The summed E-state index contributed by atoms with van der Waals surface area (Å²) in [6, 6.07) is 0.678. The second-order valence-corrected chi connectivity index (χ2v) is 10.2. The third kappa shape index (κ3) is 4.63. The van der Waals surface area contributed by atoms with E-state index in [9.17, 15) is 8.42 Å². The van der Waals surface area contributed by atoms with Gasteiger partial charge in [0.1, 0.15) is 0 Å². The van der Waals surface area contributed by atoms with Crippen molar-refractivity contribution in [1.82, 2.24) is 10.6 Å². The fourth-order valence-corrected chi connectivity index (χ4v) is 5.76. The Morgan fingerprint density at radius 3 is 2.71 bits per heavy atom. The van der Waals surface area contributed by atoms with Gasteiger partial charge in [-0.05, 0) is 58.3 Å². The summed E-state index contributed by atoms with van der Waals surface area (Å²) in [5.74, 6) is 1.58. The average Bonchev–Trinajstić information content (AvgIpc) is 2.82. The van der Waals surface area contributed by atoms with Crippen molar-refractivity contribution in [2.45, 2.75) is 70.1 Å². The van der Waals surface area contributed by atoms with Crippen molar-refractivity contribution in [2.75, 3.05) is 24.7 Å².